The van der Waals surface area contributed by atoms with Crippen molar-refractivity contribution >= 4 is 0 Å². The topological polar surface area (TPSA) is 44.5 Å². The van der Waals surface area contributed by atoms with Gasteiger partial charge in [0.25, 0.3) is 0 Å². The first-order valence-corrected chi connectivity index (χ1v) is 4.81. The summed E-state index contributed by atoms with van der Waals surface area (Å²) in [6, 6.07) is 5.95. The van der Waals surface area contributed by atoms with Crippen LogP contribution < -0.4 is 15.2 Å². The number of rotatable bonds is 5. The molecule has 0 heterocycles. The standard InChI is InChI=1S/C11H17NO2/c1-3-9-4-5-10(13-2)11(8-9)14-7-6-12/h4-5,8H,3,6-7,12H2,1-2H3. The molecule has 14 heavy (non-hydrogen) atoms. The second-order valence-electron chi connectivity index (χ2n) is 2.98. The highest BCUT2D eigenvalue weighted by atomic mass is 16.5. The molecule has 3 heteroatoms. The Hall–Kier alpha value is -1.22. The Morgan fingerprint density at radius 1 is 1.29 bits per heavy atom. The van der Waals surface area contributed by atoms with Crippen molar-refractivity contribution in [3.8, 4) is 11.5 Å². The van der Waals surface area contributed by atoms with Crippen LogP contribution in [0.15, 0.2) is 18.2 Å². The molecule has 1 aromatic carbocycles. The number of ether oxygens (including phenoxy) is 2. The van der Waals surface area contributed by atoms with Gasteiger partial charge in [-0.25, -0.2) is 0 Å². The summed E-state index contributed by atoms with van der Waals surface area (Å²) in [5, 5.41) is 0. The largest absolute Gasteiger partial charge is 0.493 e. The van der Waals surface area contributed by atoms with Gasteiger partial charge in [-0.1, -0.05) is 13.0 Å². The molecule has 0 spiro atoms. The molecule has 0 bridgehead atoms. The van der Waals surface area contributed by atoms with E-state index in [1.807, 2.05) is 18.2 Å². The molecule has 0 saturated heterocycles. The minimum absolute atomic E-state index is 0.513. The van der Waals surface area contributed by atoms with Gasteiger partial charge in [-0.3, -0.25) is 0 Å². The summed E-state index contributed by atoms with van der Waals surface area (Å²) < 4.78 is 10.6. The van der Waals surface area contributed by atoms with Crippen LogP contribution in [-0.2, 0) is 6.42 Å². The second-order valence-corrected chi connectivity index (χ2v) is 2.98. The number of methoxy groups -OCH3 is 1. The monoisotopic (exact) mass is 195 g/mol. The molecule has 1 aromatic rings. The molecule has 0 aliphatic heterocycles. The zero-order valence-electron chi connectivity index (χ0n) is 8.75. The predicted octanol–water partition coefficient (Wildman–Crippen LogP) is 1.60. The van der Waals surface area contributed by atoms with E-state index >= 15 is 0 Å². The van der Waals surface area contributed by atoms with Crippen LogP contribution >= 0.6 is 0 Å². The number of nitrogens with two attached hydrogens (primary N) is 1. The summed E-state index contributed by atoms with van der Waals surface area (Å²) in [6.07, 6.45) is 0.989. The van der Waals surface area contributed by atoms with Gasteiger partial charge in [0.05, 0.1) is 7.11 Å². The predicted molar refractivity (Wildman–Crippen MR) is 56.9 cm³/mol. The Kier molecular flexibility index (Phi) is 4.26. The third-order valence-corrected chi connectivity index (χ3v) is 2.01. The van der Waals surface area contributed by atoms with E-state index < -0.39 is 0 Å². The van der Waals surface area contributed by atoms with Crippen molar-refractivity contribution in [3.63, 3.8) is 0 Å². The van der Waals surface area contributed by atoms with Gasteiger partial charge >= 0.3 is 0 Å². The summed E-state index contributed by atoms with van der Waals surface area (Å²) >= 11 is 0. The van der Waals surface area contributed by atoms with Gasteiger partial charge in [0, 0.05) is 6.54 Å². The summed E-state index contributed by atoms with van der Waals surface area (Å²) in [5.74, 6) is 1.54. The molecule has 0 aliphatic carbocycles. The zero-order chi connectivity index (χ0) is 10.4. The Morgan fingerprint density at radius 2 is 2.07 bits per heavy atom. The molecule has 78 valence electrons. The van der Waals surface area contributed by atoms with Crippen LogP contribution in [0.3, 0.4) is 0 Å². The van der Waals surface area contributed by atoms with Gasteiger partial charge in [-0.2, -0.15) is 0 Å². The Bertz CT molecular complexity index is 287. The highest BCUT2D eigenvalue weighted by Crippen LogP contribution is 2.27. The summed E-state index contributed by atoms with van der Waals surface area (Å²) in [4.78, 5) is 0. The minimum Gasteiger partial charge on any atom is -0.493 e. The van der Waals surface area contributed by atoms with Crippen LogP contribution in [-0.4, -0.2) is 20.3 Å². The van der Waals surface area contributed by atoms with Crippen LogP contribution in [0, 0.1) is 0 Å². The van der Waals surface area contributed by atoms with Crippen molar-refractivity contribution in [2.75, 3.05) is 20.3 Å². The summed E-state index contributed by atoms with van der Waals surface area (Å²) in [5.41, 5.74) is 6.61. The minimum atomic E-state index is 0.513. The molecule has 0 amide bonds. The second kappa shape index (κ2) is 5.50. The molecule has 0 saturated carbocycles. The van der Waals surface area contributed by atoms with Gasteiger partial charge in [0.1, 0.15) is 6.61 Å². The van der Waals surface area contributed by atoms with Crippen molar-refractivity contribution in [2.24, 2.45) is 5.73 Å². The molecule has 0 radical (unpaired) electrons. The summed E-state index contributed by atoms with van der Waals surface area (Å²) in [6.45, 7) is 3.14. The van der Waals surface area contributed by atoms with Crippen LogP contribution in [0.2, 0.25) is 0 Å². The van der Waals surface area contributed by atoms with Gasteiger partial charge in [-0.05, 0) is 24.1 Å². The van der Waals surface area contributed by atoms with Crippen molar-refractivity contribution in [1.29, 1.82) is 0 Å². The quantitative estimate of drug-likeness (QED) is 0.776. The third-order valence-electron chi connectivity index (χ3n) is 2.01. The lowest BCUT2D eigenvalue weighted by molar-refractivity contribution is 0.302. The molecular weight excluding hydrogens is 178 g/mol. The number of aryl methyl sites for hydroxylation is 1. The fourth-order valence-electron chi connectivity index (χ4n) is 1.22. The smallest absolute Gasteiger partial charge is 0.161 e. The first-order chi connectivity index (χ1) is 6.81. The molecule has 0 aromatic heterocycles. The molecular formula is C11H17NO2. The number of hydrogen-bond acceptors (Lipinski definition) is 3. The van der Waals surface area contributed by atoms with Gasteiger partial charge in [0.2, 0.25) is 0 Å². The highest BCUT2D eigenvalue weighted by Gasteiger charge is 2.04. The normalized spacial score (nSPS) is 9.93. The van der Waals surface area contributed by atoms with E-state index in [1.165, 1.54) is 5.56 Å². The molecule has 0 unspecified atom stereocenters. The van der Waals surface area contributed by atoms with Crippen molar-refractivity contribution in [3.05, 3.63) is 23.8 Å². The lowest BCUT2D eigenvalue weighted by atomic mass is 10.1. The molecule has 0 fully saturated rings. The van der Waals surface area contributed by atoms with Crippen molar-refractivity contribution < 1.29 is 9.47 Å². The number of hydrogen-bond donors (Lipinski definition) is 1. The third kappa shape index (κ3) is 2.64. The SMILES string of the molecule is CCc1ccc(OC)c(OCCN)c1. The lowest BCUT2D eigenvalue weighted by Crippen LogP contribution is -2.11. The zero-order valence-corrected chi connectivity index (χ0v) is 8.75. The van der Waals surface area contributed by atoms with Gasteiger partial charge in [0.15, 0.2) is 11.5 Å². The van der Waals surface area contributed by atoms with E-state index in [0.29, 0.717) is 13.2 Å². The van der Waals surface area contributed by atoms with E-state index in [1.54, 1.807) is 7.11 Å². The summed E-state index contributed by atoms with van der Waals surface area (Å²) in [7, 11) is 1.64. The van der Waals surface area contributed by atoms with Crippen LogP contribution in [0.5, 0.6) is 11.5 Å². The fraction of sp³-hybridized carbons (Fsp3) is 0.455. The fourth-order valence-corrected chi connectivity index (χ4v) is 1.22. The van der Waals surface area contributed by atoms with Gasteiger partial charge in [-0.15, -0.1) is 0 Å². The Balaban J connectivity index is 2.84. The maximum atomic E-state index is 5.47. The molecule has 1 rings (SSSR count). The highest BCUT2D eigenvalue weighted by molar-refractivity contribution is 5.42. The Labute approximate surface area is 84.8 Å². The van der Waals surface area contributed by atoms with E-state index in [4.69, 9.17) is 15.2 Å². The van der Waals surface area contributed by atoms with Crippen LogP contribution in [0.4, 0.5) is 0 Å². The van der Waals surface area contributed by atoms with E-state index in [9.17, 15) is 0 Å². The first kappa shape index (κ1) is 10.9. The van der Waals surface area contributed by atoms with E-state index in [-0.39, 0.29) is 0 Å². The molecule has 3 nitrogen and oxygen atoms in total. The number of benzene rings is 1. The Morgan fingerprint density at radius 3 is 2.64 bits per heavy atom. The maximum Gasteiger partial charge on any atom is 0.161 e. The van der Waals surface area contributed by atoms with Crippen molar-refractivity contribution in [1.82, 2.24) is 0 Å². The van der Waals surface area contributed by atoms with E-state index in [0.717, 1.165) is 17.9 Å². The average Bonchev–Trinajstić information content (AvgIpc) is 2.25. The van der Waals surface area contributed by atoms with Crippen LogP contribution in [0.1, 0.15) is 12.5 Å². The van der Waals surface area contributed by atoms with Crippen molar-refractivity contribution in [2.45, 2.75) is 13.3 Å². The average molecular weight is 195 g/mol. The van der Waals surface area contributed by atoms with Gasteiger partial charge < -0.3 is 15.2 Å². The first-order valence-electron chi connectivity index (χ1n) is 4.81. The molecule has 2 N–H and O–H groups in total. The molecule has 0 atom stereocenters. The maximum absolute atomic E-state index is 5.47. The molecule has 0 aliphatic rings. The van der Waals surface area contributed by atoms with Crippen LogP contribution in [0.25, 0.3) is 0 Å². The van der Waals surface area contributed by atoms with E-state index in [2.05, 4.69) is 6.92 Å². The lowest BCUT2D eigenvalue weighted by Gasteiger charge is -2.10.